The van der Waals surface area contributed by atoms with Gasteiger partial charge in [-0.3, -0.25) is 0 Å². The largest absolute Gasteiger partial charge is 0.393 e. The Balaban J connectivity index is 2.12. The van der Waals surface area contributed by atoms with Gasteiger partial charge in [0.25, 0.3) is 0 Å². The molecule has 0 radical (unpaired) electrons. The van der Waals surface area contributed by atoms with Gasteiger partial charge in [-0.2, -0.15) is 0 Å². The number of aliphatic hydroxyl groups excluding tert-OH is 1. The molecule has 76 valence electrons. The van der Waals surface area contributed by atoms with Gasteiger partial charge in [-0.15, -0.1) is 0 Å². The minimum Gasteiger partial charge on any atom is -0.393 e. The molecule has 0 saturated carbocycles. The van der Waals surface area contributed by atoms with Crippen molar-refractivity contribution in [1.29, 1.82) is 0 Å². The SMILES string of the molecule is OC1CCN(c2ncccc2Cl)CC1. The Kier molecular flexibility index (Phi) is 2.89. The molecule has 14 heavy (non-hydrogen) atoms. The van der Waals surface area contributed by atoms with E-state index in [2.05, 4.69) is 9.88 Å². The van der Waals surface area contributed by atoms with Crippen molar-refractivity contribution in [3.8, 4) is 0 Å². The normalized spacial score (nSPS) is 18.6. The molecule has 3 nitrogen and oxygen atoms in total. The van der Waals surface area contributed by atoms with Crippen LogP contribution < -0.4 is 4.90 Å². The smallest absolute Gasteiger partial charge is 0.147 e. The van der Waals surface area contributed by atoms with Gasteiger partial charge in [0.2, 0.25) is 0 Å². The monoisotopic (exact) mass is 212 g/mol. The van der Waals surface area contributed by atoms with Crippen molar-refractivity contribution in [3.63, 3.8) is 0 Å². The fraction of sp³-hybridized carbons (Fsp3) is 0.500. The van der Waals surface area contributed by atoms with E-state index >= 15 is 0 Å². The first-order chi connectivity index (χ1) is 6.77. The van der Waals surface area contributed by atoms with Crippen LogP contribution in [-0.2, 0) is 0 Å². The Morgan fingerprint density at radius 3 is 2.79 bits per heavy atom. The highest BCUT2D eigenvalue weighted by Crippen LogP contribution is 2.25. The second-order valence-electron chi connectivity index (χ2n) is 3.53. The lowest BCUT2D eigenvalue weighted by Crippen LogP contribution is -2.36. The summed E-state index contributed by atoms with van der Waals surface area (Å²) < 4.78 is 0. The summed E-state index contributed by atoms with van der Waals surface area (Å²) in [4.78, 5) is 6.36. The fourth-order valence-electron chi connectivity index (χ4n) is 1.69. The van der Waals surface area contributed by atoms with E-state index in [1.165, 1.54) is 0 Å². The van der Waals surface area contributed by atoms with Gasteiger partial charge in [0.05, 0.1) is 11.1 Å². The molecule has 0 atom stereocenters. The number of halogens is 1. The van der Waals surface area contributed by atoms with Crippen LogP contribution in [0.15, 0.2) is 18.3 Å². The molecule has 1 aromatic rings. The minimum atomic E-state index is -0.159. The molecule has 2 rings (SSSR count). The van der Waals surface area contributed by atoms with E-state index in [0.29, 0.717) is 5.02 Å². The molecule has 1 saturated heterocycles. The Hall–Kier alpha value is -0.800. The molecular weight excluding hydrogens is 200 g/mol. The number of aromatic nitrogens is 1. The van der Waals surface area contributed by atoms with Crippen LogP contribution in [0.4, 0.5) is 5.82 Å². The topological polar surface area (TPSA) is 36.4 Å². The number of hydrogen-bond donors (Lipinski definition) is 1. The average molecular weight is 213 g/mol. The summed E-state index contributed by atoms with van der Waals surface area (Å²) in [6, 6.07) is 3.67. The molecule has 1 aliphatic rings. The highest BCUT2D eigenvalue weighted by atomic mass is 35.5. The highest BCUT2D eigenvalue weighted by molar-refractivity contribution is 6.32. The molecule has 1 aliphatic heterocycles. The first-order valence-corrected chi connectivity index (χ1v) is 5.18. The zero-order valence-electron chi connectivity index (χ0n) is 7.86. The van der Waals surface area contributed by atoms with E-state index < -0.39 is 0 Å². The van der Waals surface area contributed by atoms with Gasteiger partial charge in [-0.25, -0.2) is 4.98 Å². The van der Waals surface area contributed by atoms with Crippen LogP contribution in [0.5, 0.6) is 0 Å². The average Bonchev–Trinajstić information content (AvgIpc) is 2.20. The molecule has 0 bridgehead atoms. The summed E-state index contributed by atoms with van der Waals surface area (Å²) in [6.45, 7) is 1.66. The minimum absolute atomic E-state index is 0.159. The third-order valence-corrected chi connectivity index (χ3v) is 2.80. The first kappa shape index (κ1) is 9.74. The van der Waals surface area contributed by atoms with Gasteiger partial charge in [0.15, 0.2) is 0 Å². The maximum absolute atomic E-state index is 9.36. The van der Waals surface area contributed by atoms with Crippen LogP contribution in [0.3, 0.4) is 0 Å². The van der Waals surface area contributed by atoms with Crippen molar-refractivity contribution in [2.45, 2.75) is 18.9 Å². The quantitative estimate of drug-likeness (QED) is 0.770. The second-order valence-corrected chi connectivity index (χ2v) is 3.93. The lowest BCUT2D eigenvalue weighted by molar-refractivity contribution is 0.145. The molecule has 0 spiro atoms. The Labute approximate surface area is 88.3 Å². The van der Waals surface area contributed by atoms with Crippen LogP contribution in [0.1, 0.15) is 12.8 Å². The summed E-state index contributed by atoms with van der Waals surface area (Å²) in [6.07, 6.45) is 3.18. The summed E-state index contributed by atoms with van der Waals surface area (Å²) in [5.74, 6) is 0.834. The maximum atomic E-state index is 9.36. The van der Waals surface area contributed by atoms with E-state index in [1.54, 1.807) is 6.20 Å². The molecule has 0 unspecified atom stereocenters. The number of piperidine rings is 1. The zero-order valence-corrected chi connectivity index (χ0v) is 8.61. The predicted molar refractivity (Wildman–Crippen MR) is 56.7 cm³/mol. The Bertz CT molecular complexity index is 311. The van der Waals surface area contributed by atoms with Gasteiger partial charge >= 0.3 is 0 Å². The van der Waals surface area contributed by atoms with Gasteiger partial charge in [0.1, 0.15) is 5.82 Å². The lowest BCUT2D eigenvalue weighted by atomic mass is 10.1. The third kappa shape index (κ3) is 1.99. The molecule has 4 heteroatoms. The number of hydrogen-bond acceptors (Lipinski definition) is 3. The van der Waals surface area contributed by atoms with Crippen molar-refractivity contribution in [2.24, 2.45) is 0 Å². The lowest BCUT2D eigenvalue weighted by Gasteiger charge is -2.30. The van der Waals surface area contributed by atoms with Gasteiger partial charge < -0.3 is 10.0 Å². The molecule has 1 N–H and O–H groups in total. The number of aliphatic hydroxyl groups is 1. The van der Waals surface area contributed by atoms with Crippen molar-refractivity contribution < 1.29 is 5.11 Å². The van der Waals surface area contributed by atoms with E-state index in [4.69, 9.17) is 11.6 Å². The van der Waals surface area contributed by atoms with Gasteiger partial charge in [-0.05, 0) is 25.0 Å². The van der Waals surface area contributed by atoms with E-state index in [-0.39, 0.29) is 6.10 Å². The van der Waals surface area contributed by atoms with Crippen LogP contribution in [0.25, 0.3) is 0 Å². The molecule has 0 amide bonds. The van der Waals surface area contributed by atoms with Gasteiger partial charge in [-0.1, -0.05) is 11.6 Å². The van der Waals surface area contributed by atoms with Crippen molar-refractivity contribution in [2.75, 3.05) is 18.0 Å². The van der Waals surface area contributed by atoms with E-state index in [1.807, 2.05) is 12.1 Å². The third-order valence-electron chi connectivity index (χ3n) is 2.50. The number of anilines is 1. The molecular formula is C10H13ClN2O. The summed E-state index contributed by atoms with van der Waals surface area (Å²) in [7, 11) is 0. The van der Waals surface area contributed by atoms with E-state index in [9.17, 15) is 5.11 Å². The van der Waals surface area contributed by atoms with Gasteiger partial charge in [0, 0.05) is 19.3 Å². The first-order valence-electron chi connectivity index (χ1n) is 4.81. The van der Waals surface area contributed by atoms with Crippen LogP contribution in [0.2, 0.25) is 5.02 Å². The molecule has 0 aromatic carbocycles. The van der Waals surface area contributed by atoms with E-state index in [0.717, 1.165) is 31.7 Å². The Morgan fingerprint density at radius 1 is 1.43 bits per heavy atom. The Morgan fingerprint density at radius 2 is 2.14 bits per heavy atom. The summed E-state index contributed by atoms with van der Waals surface area (Å²) in [5, 5.41) is 10.0. The fourth-order valence-corrected chi connectivity index (χ4v) is 1.93. The predicted octanol–water partition coefficient (Wildman–Crippen LogP) is 1.70. The van der Waals surface area contributed by atoms with Crippen LogP contribution in [-0.4, -0.2) is 29.3 Å². The highest BCUT2D eigenvalue weighted by Gasteiger charge is 2.19. The molecule has 2 heterocycles. The van der Waals surface area contributed by atoms with Crippen molar-refractivity contribution in [3.05, 3.63) is 23.4 Å². The molecule has 0 aliphatic carbocycles. The molecule has 1 fully saturated rings. The molecule has 1 aromatic heterocycles. The van der Waals surface area contributed by atoms with Crippen LogP contribution in [0, 0.1) is 0 Å². The van der Waals surface area contributed by atoms with Crippen molar-refractivity contribution >= 4 is 17.4 Å². The van der Waals surface area contributed by atoms with Crippen molar-refractivity contribution in [1.82, 2.24) is 4.98 Å². The zero-order chi connectivity index (χ0) is 9.97. The maximum Gasteiger partial charge on any atom is 0.147 e. The second kappa shape index (κ2) is 4.15. The summed E-state index contributed by atoms with van der Waals surface area (Å²) >= 11 is 6.03. The van der Waals surface area contributed by atoms with Crippen LogP contribution >= 0.6 is 11.6 Å². The summed E-state index contributed by atoms with van der Waals surface area (Å²) in [5.41, 5.74) is 0. The number of nitrogens with zero attached hydrogens (tertiary/aromatic N) is 2. The standard InChI is InChI=1S/C10H13ClN2O/c11-9-2-1-5-12-10(9)13-6-3-8(14)4-7-13/h1-2,5,8,14H,3-4,6-7H2. The number of rotatable bonds is 1. The number of pyridine rings is 1.